The van der Waals surface area contributed by atoms with Crippen LogP contribution < -0.4 is 0 Å². The molecule has 0 aliphatic carbocycles. The van der Waals surface area contributed by atoms with Crippen LogP contribution in [0.25, 0.3) is 0 Å². The van der Waals surface area contributed by atoms with Crippen LogP contribution in [-0.2, 0) is 0 Å². The molecular weight excluding hydrogens is 256 g/mol. The largest absolute Gasteiger partial charge is 0.388 e. The van der Waals surface area contributed by atoms with E-state index in [1.807, 2.05) is 30.3 Å². The van der Waals surface area contributed by atoms with Crippen molar-refractivity contribution >= 4 is 0 Å². The molecule has 0 spiro atoms. The van der Waals surface area contributed by atoms with Gasteiger partial charge in [-0.15, -0.1) is 0 Å². The molecule has 0 fully saturated rings. The van der Waals surface area contributed by atoms with E-state index in [9.17, 15) is 5.11 Å². The van der Waals surface area contributed by atoms with Gasteiger partial charge in [0.2, 0.25) is 0 Å². The lowest BCUT2D eigenvalue weighted by Gasteiger charge is -2.10. The van der Waals surface area contributed by atoms with Crippen LogP contribution >= 0.6 is 0 Å². The molecule has 1 atom stereocenters. The molecule has 21 heavy (non-hydrogen) atoms. The van der Waals surface area contributed by atoms with Crippen LogP contribution in [0.15, 0.2) is 30.3 Å². The summed E-state index contributed by atoms with van der Waals surface area (Å²) in [6.07, 6.45) is 15.6. The van der Waals surface area contributed by atoms with Crippen molar-refractivity contribution in [1.82, 2.24) is 0 Å². The summed E-state index contributed by atoms with van der Waals surface area (Å²) in [5.41, 5.74) is 1.06. The SMILES string of the molecule is CCCCCCCCCCCCC[C@@H](O)c1ccccc1. The van der Waals surface area contributed by atoms with Crippen molar-refractivity contribution in [3.63, 3.8) is 0 Å². The minimum atomic E-state index is -0.273. The Kier molecular flexibility index (Phi) is 11.2. The summed E-state index contributed by atoms with van der Waals surface area (Å²) in [6.45, 7) is 2.27. The van der Waals surface area contributed by atoms with Gasteiger partial charge in [0.25, 0.3) is 0 Å². The topological polar surface area (TPSA) is 20.2 Å². The van der Waals surface area contributed by atoms with Gasteiger partial charge in [-0.25, -0.2) is 0 Å². The molecule has 1 nitrogen and oxygen atoms in total. The quantitative estimate of drug-likeness (QED) is 0.415. The van der Waals surface area contributed by atoms with Gasteiger partial charge in [0, 0.05) is 0 Å². The summed E-state index contributed by atoms with van der Waals surface area (Å²) < 4.78 is 0. The van der Waals surface area contributed by atoms with E-state index in [2.05, 4.69) is 6.92 Å². The summed E-state index contributed by atoms with van der Waals surface area (Å²) in [4.78, 5) is 0. The minimum Gasteiger partial charge on any atom is -0.388 e. The Labute approximate surface area is 131 Å². The second kappa shape index (κ2) is 12.9. The first-order valence-corrected chi connectivity index (χ1v) is 9.07. The molecule has 120 valence electrons. The smallest absolute Gasteiger partial charge is 0.0790 e. The fraction of sp³-hybridized carbons (Fsp3) is 0.700. The third kappa shape index (κ3) is 9.68. The molecule has 0 radical (unpaired) electrons. The van der Waals surface area contributed by atoms with Crippen LogP contribution in [-0.4, -0.2) is 5.11 Å². The maximum absolute atomic E-state index is 10.1. The summed E-state index contributed by atoms with van der Waals surface area (Å²) in [6, 6.07) is 10.0. The molecule has 1 heteroatoms. The number of aliphatic hydroxyl groups excluding tert-OH is 1. The van der Waals surface area contributed by atoms with Crippen molar-refractivity contribution in [2.24, 2.45) is 0 Å². The molecule has 0 amide bonds. The number of hydrogen-bond acceptors (Lipinski definition) is 1. The molecule has 1 N–H and O–H groups in total. The molecular formula is C20H34O. The van der Waals surface area contributed by atoms with Gasteiger partial charge in [0.15, 0.2) is 0 Å². The molecule has 1 aromatic rings. The van der Waals surface area contributed by atoms with Gasteiger partial charge in [-0.05, 0) is 12.0 Å². The van der Waals surface area contributed by atoms with Gasteiger partial charge in [0.05, 0.1) is 6.10 Å². The summed E-state index contributed by atoms with van der Waals surface area (Å²) >= 11 is 0. The highest BCUT2D eigenvalue weighted by Gasteiger charge is 2.05. The summed E-state index contributed by atoms with van der Waals surface area (Å²) in [5, 5.41) is 10.1. The molecule has 1 aromatic carbocycles. The average molecular weight is 290 g/mol. The fourth-order valence-electron chi connectivity index (χ4n) is 2.84. The third-order valence-corrected chi connectivity index (χ3v) is 4.27. The highest BCUT2D eigenvalue weighted by Crippen LogP contribution is 2.20. The van der Waals surface area contributed by atoms with E-state index in [-0.39, 0.29) is 6.10 Å². The molecule has 1 rings (SSSR count). The van der Waals surface area contributed by atoms with E-state index in [0.717, 1.165) is 18.4 Å². The number of hydrogen-bond donors (Lipinski definition) is 1. The molecule has 0 saturated carbocycles. The van der Waals surface area contributed by atoms with Crippen LogP contribution in [0.3, 0.4) is 0 Å². The lowest BCUT2D eigenvalue weighted by atomic mass is 10.0. The second-order valence-corrected chi connectivity index (χ2v) is 6.25. The molecule has 0 aliphatic rings. The average Bonchev–Trinajstić information content (AvgIpc) is 2.53. The zero-order chi connectivity index (χ0) is 15.2. The van der Waals surface area contributed by atoms with Crippen molar-refractivity contribution in [2.75, 3.05) is 0 Å². The fourth-order valence-corrected chi connectivity index (χ4v) is 2.84. The first-order chi connectivity index (χ1) is 10.3. The second-order valence-electron chi connectivity index (χ2n) is 6.25. The maximum Gasteiger partial charge on any atom is 0.0790 e. The summed E-state index contributed by atoms with van der Waals surface area (Å²) in [5.74, 6) is 0. The van der Waals surface area contributed by atoms with Crippen molar-refractivity contribution in [3.8, 4) is 0 Å². The Morgan fingerprint density at radius 2 is 1.19 bits per heavy atom. The lowest BCUT2D eigenvalue weighted by molar-refractivity contribution is 0.163. The van der Waals surface area contributed by atoms with Crippen LogP contribution in [0.2, 0.25) is 0 Å². The molecule has 0 bridgehead atoms. The number of aliphatic hydroxyl groups is 1. The van der Waals surface area contributed by atoms with Crippen LogP contribution in [0, 0.1) is 0 Å². The highest BCUT2D eigenvalue weighted by molar-refractivity contribution is 5.16. The molecule has 0 aromatic heterocycles. The first kappa shape index (κ1) is 18.2. The Balaban J connectivity index is 1.86. The van der Waals surface area contributed by atoms with Crippen LogP contribution in [0.1, 0.15) is 95.6 Å². The zero-order valence-electron chi connectivity index (χ0n) is 13.9. The normalized spacial score (nSPS) is 12.5. The van der Waals surface area contributed by atoms with E-state index >= 15 is 0 Å². The minimum absolute atomic E-state index is 0.273. The molecule has 0 unspecified atom stereocenters. The standard InChI is InChI=1S/C20H34O/c1-2-3-4-5-6-7-8-9-10-11-15-18-20(21)19-16-13-12-14-17-19/h12-14,16-17,20-21H,2-11,15,18H2,1H3/t20-/m1/s1. The zero-order valence-corrected chi connectivity index (χ0v) is 13.9. The summed E-state index contributed by atoms with van der Waals surface area (Å²) in [7, 11) is 0. The van der Waals surface area contributed by atoms with Crippen LogP contribution in [0.4, 0.5) is 0 Å². The molecule has 0 aliphatic heterocycles. The van der Waals surface area contributed by atoms with Crippen molar-refractivity contribution in [3.05, 3.63) is 35.9 Å². The van der Waals surface area contributed by atoms with Gasteiger partial charge in [0.1, 0.15) is 0 Å². The van der Waals surface area contributed by atoms with Crippen molar-refractivity contribution in [1.29, 1.82) is 0 Å². The van der Waals surface area contributed by atoms with Gasteiger partial charge in [-0.2, -0.15) is 0 Å². The van der Waals surface area contributed by atoms with Gasteiger partial charge < -0.3 is 5.11 Å². The highest BCUT2D eigenvalue weighted by atomic mass is 16.3. The van der Waals surface area contributed by atoms with Gasteiger partial charge in [-0.1, -0.05) is 108 Å². The van der Waals surface area contributed by atoms with E-state index in [1.54, 1.807) is 0 Å². The molecule has 0 heterocycles. The van der Waals surface area contributed by atoms with E-state index in [4.69, 9.17) is 0 Å². The van der Waals surface area contributed by atoms with E-state index < -0.39 is 0 Å². The number of rotatable bonds is 13. The molecule has 0 saturated heterocycles. The van der Waals surface area contributed by atoms with Crippen LogP contribution in [0.5, 0.6) is 0 Å². The van der Waals surface area contributed by atoms with Gasteiger partial charge in [-0.3, -0.25) is 0 Å². The maximum atomic E-state index is 10.1. The number of unbranched alkanes of at least 4 members (excludes halogenated alkanes) is 10. The predicted molar refractivity (Wildman–Crippen MR) is 92.5 cm³/mol. The Morgan fingerprint density at radius 1 is 0.714 bits per heavy atom. The Hall–Kier alpha value is -0.820. The lowest BCUT2D eigenvalue weighted by Crippen LogP contribution is -1.96. The first-order valence-electron chi connectivity index (χ1n) is 9.07. The Bertz CT molecular complexity index is 320. The number of benzene rings is 1. The van der Waals surface area contributed by atoms with E-state index in [0.29, 0.717) is 0 Å². The third-order valence-electron chi connectivity index (χ3n) is 4.27. The predicted octanol–water partition coefficient (Wildman–Crippen LogP) is 6.42. The van der Waals surface area contributed by atoms with Gasteiger partial charge >= 0.3 is 0 Å². The van der Waals surface area contributed by atoms with Crippen molar-refractivity contribution < 1.29 is 5.11 Å². The Morgan fingerprint density at radius 3 is 1.71 bits per heavy atom. The van der Waals surface area contributed by atoms with Crippen molar-refractivity contribution in [2.45, 2.75) is 90.1 Å². The van der Waals surface area contributed by atoms with E-state index in [1.165, 1.54) is 64.2 Å². The monoisotopic (exact) mass is 290 g/mol.